The zero-order chi connectivity index (χ0) is 21.1. The number of hydrogen-bond acceptors (Lipinski definition) is 4. The van der Waals surface area contributed by atoms with E-state index in [0.717, 1.165) is 11.3 Å². The summed E-state index contributed by atoms with van der Waals surface area (Å²) in [5.74, 6) is 0.452. The molecular weight excluding hydrogens is 495 g/mol. The van der Waals surface area contributed by atoms with Gasteiger partial charge in [0.25, 0.3) is 0 Å². The lowest BCUT2D eigenvalue weighted by atomic mass is 10.1. The SMILES string of the molecule is CCOc1cc(C(=O)CBr)ccc1C.CCOc1cc(C(=O)CBr)ccc1F. The van der Waals surface area contributed by atoms with Crippen LogP contribution in [0, 0.1) is 12.7 Å². The topological polar surface area (TPSA) is 52.6 Å². The van der Waals surface area contributed by atoms with Gasteiger partial charge in [-0.2, -0.15) is 0 Å². The van der Waals surface area contributed by atoms with E-state index in [2.05, 4.69) is 31.9 Å². The molecule has 0 spiro atoms. The maximum Gasteiger partial charge on any atom is 0.173 e. The highest BCUT2D eigenvalue weighted by Crippen LogP contribution is 2.20. The average Bonchev–Trinajstić information content (AvgIpc) is 2.71. The van der Waals surface area contributed by atoms with Gasteiger partial charge in [0, 0.05) is 11.1 Å². The molecule has 0 bridgehead atoms. The minimum atomic E-state index is -0.446. The van der Waals surface area contributed by atoms with Gasteiger partial charge < -0.3 is 9.47 Å². The second-order valence-corrected chi connectivity index (χ2v) is 6.73. The normalized spacial score (nSPS) is 9.93. The van der Waals surface area contributed by atoms with Crippen LogP contribution in [0.2, 0.25) is 0 Å². The van der Waals surface area contributed by atoms with Crippen molar-refractivity contribution in [1.82, 2.24) is 0 Å². The molecule has 7 heteroatoms. The number of carbonyl (C=O) groups excluding carboxylic acids is 2. The monoisotopic (exact) mass is 516 g/mol. The maximum atomic E-state index is 13.1. The van der Waals surface area contributed by atoms with Crippen molar-refractivity contribution in [1.29, 1.82) is 0 Å². The van der Waals surface area contributed by atoms with Crippen LogP contribution in [0.4, 0.5) is 4.39 Å². The third kappa shape index (κ3) is 7.36. The summed E-state index contributed by atoms with van der Waals surface area (Å²) in [4.78, 5) is 22.6. The van der Waals surface area contributed by atoms with Gasteiger partial charge in [0.1, 0.15) is 5.75 Å². The molecule has 0 aliphatic rings. The van der Waals surface area contributed by atoms with E-state index in [-0.39, 0.29) is 22.6 Å². The van der Waals surface area contributed by atoms with Crippen molar-refractivity contribution in [3.63, 3.8) is 0 Å². The number of aryl methyl sites for hydroxylation is 1. The first kappa shape index (κ1) is 24.3. The van der Waals surface area contributed by atoms with Gasteiger partial charge in [0.05, 0.1) is 23.9 Å². The van der Waals surface area contributed by atoms with Crippen molar-refractivity contribution < 1.29 is 23.5 Å². The first-order chi connectivity index (χ1) is 13.4. The van der Waals surface area contributed by atoms with Crippen molar-refractivity contribution in [3.8, 4) is 11.5 Å². The van der Waals surface area contributed by atoms with Crippen molar-refractivity contribution in [3.05, 3.63) is 58.9 Å². The predicted molar refractivity (Wildman–Crippen MR) is 116 cm³/mol. The second-order valence-electron chi connectivity index (χ2n) is 5.61. The summed E-state index contributed by atoms with van der Waals surface area (Å²) in [6, 6.07) is 9.62. The van der Waals surface area contributed by atoms with Crippen LogP contribution in [-0.2, 0) is 0 Å². The molecule has 2 aromatic rings. The zero-order valence-electron chi connectivity index (χ0n) is 16.1. The molecule has 0 heterocycles. The number of Topliss-reactive ketones (excluding diaryl/α,β-unsaturated/α-hetero) is 2. The molecule has 0 amide bonds. The molecule has 0 unspecified atom stereocenters. The first-order valence-electron chi connectivity index (χ1n) is 8.71. The lowest BCUT2D eigenvalue weighted by Crippen LogP contribution is -2.02. The summed E-state index contributed by atoms with van der Waals surface area (Å²) < 4.78 is 23.5. The summed E-state index contributed by atoms with van der Waals surface area (Å²) in [7, 11) is 0. The second kappa shape index (κ2) is 12.7. The van der Waals surface area contributed by atoms with E-state index < -0.39 is 5.82 Å². The minimum Gasteiger partial charge on any atom is -0.494 e. The van der Waals surface area contributed by atoms with Crippen molar-refractivity contribution in [2.45, 2.75) is 20.8 Å². The Kier molecular flexibility index (Phi) is 11.0. The third-order valence-electron chi connectivity index (χ3n) is 3.61. The average molecular weight is 518 g/mol. The fourth-order valence-electron chi connectivity index (χ4n) is 2.18. The highest BCUT2D eigenvalue weighted by atomic mass is 79.9. The third-order valence-corrected chi connectivity index (χ3v) is 4.62. The molecule has 0 aliphatic heterocycles. The standard InChI is InChI=1S/C11H13BrO2.C10H10BrFO2/c1-3-14-11-6-9(10(13)7-12)5-4-8(11)2;1-2-14-10-5-7(9(13)6-11)3-4-8(10)12/h4-6H,3,7H2,1-2H3;3-5H,2,6H2,1H3. The van der Waals surface area contributed by atoms with Crippen LogP contribution in [0.15, 0.2) is 36.4 Å². The molecular formula is C21H23Br2FO4. The number of rotatable bonds is 8. The van der Waals surface area contributed by atoms with E-state index in [0.29, 0.717) is 29.7 Å². The molecule has 2 rings (SSSR count). The number of ether oxygens (including phenoxy) is 2. The van der Waals surface area contributed by atoms with Crippen LogP contribution in [0.1, 0.15) is 40.1 Å². The van der Waals surface area contributed by atoms with Crippen molar-refractivity contribution in [2.75, 3.05) is 23.9 Å². The van der Waals surface area contributed by atoms with E-state index in [1.807, 2.05) is 26.0 Å². The molecule has 152 valence electrons. The van der Waals surface area contributed by atoms with Gasteiger partial charge in [-0.25, -0.2) is 4.39 Å². The predicted octanol–water partition coefficient (Wildman–Crippen LogP) is 5.77. The van der Waals surface area contributed by atoms with Crippen LogP contribution in [-0.4, -0.2) is 35.4 Å². The molecule has 0 N–H and O–H groups in total. The fraction of sp³-hybridized carbons (Fsp3) is 0.333. The number of benzene rings is 2. The van der Waals surface area contributed by atoms with Gasteiger partial charge in [-0.3, -0.25) is 9.59 Å². The van der Waals surface area contributed by atoms with Gasteiger partial charge in [0.2, 0.25) is 0 Å². The number of halogens is 3. The largest absolute Gasteiger partial charge is 0.494 e. The van der Waals surface area contributed by atoms with Gasteiger partial charge in [0.15, 0.2) is 23.1 Å². The van der Waals surface area contributed by atoms with Crippen LogP contribution < -0.4 is 9.47 Å². The van der Waals surface area contributed by atoms with Gasteiger partial charge in [-0.05, 0) is 50.6 Å². The Balaban J connectivity index is 0.000000280. The molecule has 0 radical (unpaired) electrons. The number of ketones is 2. The Morgan fingerprint density at radius 2 is 1.32 bits per heavy atom. The minimum absolute atomic E-state index is 0.0750. The van der Waals surface area contributed by atoms with Crippen LogP contribution in [0.3, 0.4) is 0 Å². The van der Waals surface area contributed by atoms with Crippen LogP contribution >= 0.6 is 31.9 Å². The lowest BCUT2D eigenvalue weighted by molar-refractivity contribution is 0.101. The fourth-order valence-corrected chi connectivity index (χ4v) is 2.83. The maximum absolute atomic E-state index is 13.1. The van der Waals surface area contributed by atoms with E-state index in [1.165, 1.54) is 18.2 Å². The molecule has 2 aromatic carbocycles. The van der Waals surface area contributed by atoms with Gasteiger partial charge in [-0.1, -0.05) is 44.0 Å². The van der Waals surface area contributed by atoms with Crippen molar-refractivity contribution >= 4 is 43.4 Å². The molecule has 28 heavy (non-hydrogen) atoms. The molecule has 4 nitrogen and oxygen atoms in total. The quantitative estimate of drug-likeness (QED) is 0.329. The Morgan fingerprint density at radius 1 is 0.857 bits per heavy atom. The van der Waals surface area contributed by atoms with E-state index in [9.17, 15) is 14.0 Å². The van der Waals surface area contributed by atoms with Crippen LogP contribution in [0.25, 0.3) is 0 Å². The summed E-state index contributed by atoms with van der Waals surface area (Å²) >= 11 is 6.19. The van der Waals surface area contributed by atoms with E-state index in [1.54, 1.807) is 13.0 Å². The number of alkyl halides is 2. The molecule has 0 atom stereocenters. The van der Waals surface area contributed by atoms with Gasteiger partial charge >= 0.3 is 0 Å². The Morgan fingerprint density at radius 3 is 1.82 bits per heavy atom. The van der Waals surface area contributed by atoms with Crippen molar-refractivity contribution in [2.24, 2.45) is 0 Å². The summed E-state index contributed by atoms with van der Waals surface area (Å²) in [6.07, 6.45) is 0. The molecule has 0 saturated carbocycles. The highest BCUT2D eigenvalue weighted by molar-refractivity contribution is 9.09. The first-order valence-corrected chi connectivity index (χ1v) is 11.0. The van der Waals surface area contributed by atoms with E-state index in [4.69, 9.17) is 9.47 Å². The molecule has 0 aliphatic carbocycles. The lowest BCUT2D eigenvalue weighted by Gasteiger charge is -2.08. The van der Waals surface area contributed by atoms with Gasteiger partial charge in [-0.15, -0.1) is 0 Å². The Labute approximate surface area is 181 Å². The summed E-state index contributed by atoms with van der Waals surface area (Å²) in [6.45, 7) is 6.65. The smallest absolute Gasteiger partial charge is 0.173 e. The van der Waals surface area contributed by atoms with Crippen LogP contribution in [0.5, 0.6) is 11.5 Å². The highest BCUT2D eigenvalue weighted by Gasteiger charge is 2.09. The number of hydrogen-bond donors (Lipinski definition) is 0. The zero-order valence-corrected chi connectivity index (χ0v) is 19.2. The summed E-state index contributed by atoms with van der Waals surface area (Å²) in [5, 5.41) is 0.575. The molecule has 0 fully saturated rings. The van der Waals surface area contributed by atoms with E-state index >= 15 is 0 Å². The Bertz CT molecular complexity index is 741. The summed E-state index contributed by atoms with van der Waals surface area (Å²) in [5.41, 5.74) is 2.20. The molecule has 0 aromatic heterocycles. The molecule has 0 saturated heterocycles. The number of carbonyl (C=O) groups is 2. The Hall–Kier alpha value is -1.73.